The molecule has 0 fully saturated rings. The molecule has 2 amide bonds. The van der Waals surface area contributed by atoms with Gasteiger partial charge in [-0.05, 0) is 67.6 Å². The Bertz CT molecular complexity index is 1280. The number of benzene rings is 2. The van der Waals surface area contributed by atoms with Gasteiger partial charge in [0, 0.05) is 22.2 Å². The number of amides is 2. The fourth-order valence-corrected chi connectivity index (χ4v) is 5.25. The van der Waals surface area contributed by atoms with Gasteiger partial charge in [-0.15, -0.1) is 10.2 Å². The molecule has 0 aliphatic rings. The molecule has 2 aromatic carbocycles. The maximum absolute atomic E-state index is 13.0. The second-order valence-corrected chi connectivity index (χ2v) is 11.5. The van der Waals surface area contributed by atoms with Gasteiger partial charge >= 0.3 is 0 Å². The van der Waals surface area contributed by atoms with Gasteiger partial charge in [0.05, 0.1) is 22.4 Å². The zero-order valence-electron chi connectivity index (χ0n) is 20.7. The van der Waals surface area contributed by atoms with Crippen LogP contribution in [0.2, 0.25) is 10.0 Å². The summed E-state index contributed by atoms with van der Waals surface area (Å²) in [4.78, 5) is 25.6. The molecule has 0 radical (unpaired) electrons. The van der Waals surface area contributed by atoms with Crippen molar-refractivity contribution in [3.8, 4) is 0 Å². The highest BCUT2D eigenvalue weighted by atomic mass is 79.9. The quantitative estimate of drug-likeness (QED) is 0.261. The van der Waals surface area contributed by atoms with Gasteiger partial charge in [0.1, 0.15) is 0 Å². The normalized spacial score (nSPS) is 12.0. The molecule has 1 heterocycles. The minimum absolute atomic E-state index is 0.140. The molecule has 0 aliphatic carbocycles. The number of carbonyl (C=O) groups is 2. The first-order valence-corrected chi connectivity index (χ1v) is 13.8. The highest BCUT2D eigenvalue weighted by molar-refractivity contribution is 9.10. The van der Waals surface area contributed by atoms with Crippen molar-refractivity contribution in [3.05, 3.63) is 67.4 Å². The van der Waals surface area contributed by atoms with Crippen LogP contribution in [0.25, 0.3) is 0 Å². The minimum atomic E-state index is -0.390. The van der Waals surface area contributed by atoms with Crippen molar-refractivity contribution in [1.82, 2.24) is 20.1 Å². The van der Waals surface area contributed by atoms with Gasteiger partial charge in [0.2, 0.25) is 5.91 Å². The van der Waals surface area contributed by atoms with E-state index in [1.165, 1.54) is 17.8 Å². The molecule has 11 heteroatoms. The van der Waals surface area contributed by atoms with Gasteiger partial charge in [-0.3, -0.25) is 9.59 Å². The van der Waals surface area contributed by atoms with E-state index in [-0.39, 0.29) is 28.5 Å². The molecule has 192 valence electrons. The van der Waals surface area contributed by atoms with Crippen LogP contribution >= 0.6 is 50.9 Å². The Kier molecular flexibility index (Phi) is 9.86. The molecule has 0 spiro atoms. The van der Waals surface area contributed by atoms with E-state index < -0.39 is 6.04 Å². The van der Waals surface area contributed by atoms with Crippen LogP contribution in [0.1, 0.15) is 53.6 Å². The van der Waals surface area contributed by atoms with E-state index in [4.69, 9.17) is 23.2 Å². The molecular weight excluding hydrogens is 585 g/mol. The fraction of sp³-hybridized carbons (Fsp3) is 0.360. The van der Waals surface area contributed by atoms with Crippen molar-refractivity contribution in [2.75, 3.05) is 11.1 Å². The minimum Gasteiger partial charge on any atom is -0.342 e. The van der Waals surface area contributed by atoms with Crippen LogP contribution in [0.4, 0.5) is 5.69 Å². The van der Waals surface area contributed by atoms with Crippen molar-refractivity contribution in [1.29, 1.82) is 0 Å². The summed E-state index contributed by atoms with van der Waals surface area (Å²) in [6.07, 6.45) is 0.649. The van der Waals surface area contributed by atoms with Crippen LogP contribution in [-0.2, 0) is 11.8 Å². The van der Waals surface area contributed by atoms with Gasteiger partial charge < -0.3 is 15.2 Å². The predicted molar refractivity (Wildman–Crippen MR) is 150 cm³/mol. The van der Waals surface area contributed by atoms with Gasteiger partial charge in [0.15, 0.2) is 11.0 Å². The van der Waals surface area contributed by atoms with Crippen molar-refractivity contribution < 1.29 is 9.59 Å². The Morgan fingerprint density at radius 1 is 1.11 bits per heavy atom. The van der Waals surface area contributed by atoms with Crippen molar-refractivity contribution in [3.63, 3.8) is 0 Å². The summed E-state index contributed by atoms with van der Waals surface area (Å²) in [5, 5.41) is 15.9. The zero-order chi connectivity index (χ0) is 26.6. The highest BCUT2D eigenvalue weighted by Gasteiger charge is 2.24. The van der Waals surface area contributed by atoms with E-state index in [1.807, 2.05) is 37.6 Å². The Balaban J connectivity index is 1.71. The van der Waals surface area contributed by atoms with Crippen LogP contribution in [0.5, 0.6) is 0 Å². The van der Waals surface area contributed by atoms with E-state index in [0.29, 0.717) is 28.0 Å². The molecule has 0 aliphatic heterocycles. The summed E-state index contributed by atoms with van der Waals surface area (Å²) in [5.74, 6) is 0.594. The maximum atomic E-state index is 13.0. The third-order valence-electron chi connectivity index (χ3n) is 5.70. The van der Waals surface area contributed by atoms with Crippen molar-refractivity contribution >= 4 is 68.4 Å². The molecule has 1 atom stereocenters. The zero-order valence-corrected chi connectivity index (χ0v) is 24.6. The molecule has 0 saturated carbocycles. The van der Waals surface area contributed by atoms with E-state index >= 15 is 0 Å². The SMILES string of the molecule is Cc1c(Br)ccc(NC(=O)CSc2nnc([C@@H](CC(C)C)NC(=O)c3ccc(Cl)cc3Cl)n2C)c1C. The van der Waals surface area contributed by atoms with E-state index in [1.54, 1.807) is 12.1 Å². The molecule has 0 saturated heterocycles. The molecule has 36 heavy (non-hydrogen) atoms. The second-order valence-electron chi connectivity index (χ2n) is 8.86. The number of nitrogens with zero attached hydrogens (tertiary/aromatic N) is 3. The first kappa shape index (κ1) is 28.5. The van der Waals surface area contributed by atoms with Crippen molar-refractivity contribution in [2.45, 2.75) is 45.3 Å². The number of aromatic nitrogens is 3. The summed E-state index contributed by atoms with van der Waals surface area (Å²) < 4.78 is 2.81. The second kappa shape index (κ2) is 12.4. The summed E-state index contributed by atoms with van der Waals surface area (Å²) in [7, 11) is 1.83. The number of hydrogen-bond acceptors (Lipinski definition) is 5. The Morgan fingerprint density at radius 3 is 2.50 bits per heavy atom. The Labute approximate surface area is 233 Å². The van der Waals surface area contributed by atoms with E-state index in [2.05, 4.69) is 50.6 Å². The average Bonchev–Trinajstić information content (AvgIpc) is 3.17. The number of hydrogen-bond donors (Lipinski definition) is 2. The summed E-state index contributed by atoms with van der Waals surface area (Å²) in [6.45, 7) is 8.10. The van der Waals surface area contributed by atoms with Crippen LogP contribution in [0.15, 0.2) is 40.0 Å². The Hall–Kier alpha value is -2.07. The van der Waals surface area contributed by atoms with Crippen LogP contribution in [-0.4, -0.2) is 32.3 Å². The lowest BCUT2D eigenvalue weighted by molar-refractivity contribution is -0.113. The van der Waals surface area contributed by atoms with Crippen molar-refractivity contribution in [2.24, 2.45) is 13.0 Å². The molecule has 1 aromatic heterocycles. The molecule has 2 N–H and O–H groups in total. The van der Waals surface area contributed by atoms with E-state index in [0.717, 1.165) is 21.3 Å². The molecule has 3 aromatic rings. The highest BCUT2D eigenvalue weighted by Crippen LogP contribution is 2.28. The lowest BCUT2D eigenvalue weighted by Crippen LogP contribution is -2.31. The predicted octanol–water partition coefficient (Wildman–Crippen LogP) is 6.75. The molecule has 0 unspecified atom stereocenters. The smallest absolute Gasteiger partial charge is 0.253 e. The fourth-order valence-electron chi connectivity index (χ4n) is 3.60. The Morgan fingerprint density at radius 2 is 1.83 bits per heavy atom. The van der Waals surface area contributed by atoms with E-state index in [9.17, 15) is 9.59 Å². The number of rotatable bonds is 9. The van der Waals surface area contributed by atoms with Crippen LogP contribution < -0.4 is 10.6 Å². The number of anilines is 1. The van der Waals surface area contributed by atoms with Gasteiger partial charge in [-0.1, -0.05) is 64.7 Å². The van der Waals surface area contributed by atoms with Crippen LogP contribution in [0.3, 0.4) is 0 Å². The maximum Gasteiger partial charge on any atom is 0.253 e. The van der Waals surface area contributed by atoms with Gasteiger partial charge in [-0.2, -0.15) is 0 Å². The summed E-state index contributed by atoms with van der Waals surface area (Å²) >= 11 is 17.0. The number of halogens is 3. The van der Waals surface area contributed by atoms with Crippen LogP contribution in [0, 0.1) is 19.8 Å². The molecular formula is C25H28BrCl2N5O2S. The summed E-state index contributed by atoms with van der Waals surface area (Å²) in [5.41, 5.74) is 3.20. The number of carbonyl (C=O) groups excluding carboxylic acids is 2. The average molecular weight is 613 g/mol. The standard InChI is InChI=1S/C25H28BrCl2N5O2S/c1-13(2)10-21(30-24(35)17-7-6-16(27)11-19(17)28)23-31-32-25(33(23)5)36-12-22(34)29-20-9-8-18(26)14(3)15(20)4/h6-9,11,13,21H,10,12H2,1-5H3,(H,29,34)(H,30,35)/t21-/m1/s1. The van der Waals surface area contributed by atoms with Gasteiger partial charge in [0.25, 0.3) is 5.91 Å². The monoisotopic (exact) mass is 611 g/mol. The molecule has 0 bridgehead atoms. The lowest BCUT2D eigenvalue weighted by atomic mass is 10.0. The number of thioether (sulfide) groups is 1. The topological polar surface area (TPSA) is 88.9 Å². The third kappa shape index (κ3) is 7.03. The first-order valence-electron chi connectivity index (χ1n) is 11.3. The van der Waals surface area contributed by atoms with Gasteiger partial charge in [-0.25, -0.2) is 0 Å². The molecule has 7 nitrogen and oxygen atoms in total. The summed E-state index contributed by atoms with van der Waals surface area (Å²) in [6, 6.07) is 8.16. The third-order valence-corrected chi connectivity index (χ3v) is 8.12. The largest absolute Gasteiger partial charge is 0.342 e. The molecule has 3 rings (SSSR count). The first-order chi connectivity index (χ1) is 17.0. The lowest BCUT2D eigenvalue weighted by Gasteiger charge is -2.20. The number of nitrogens with one attached hydrogen (secondary N) is 2.